The lowest BCUT2D eigenvalue weighted by Gasteiger charge is -2.29. The van der Waals surface area contributed by atoms with Gasteiger partial charge in [0.25, 0.3) is 5.91 Å². The molecule has 1 fully saturated rings. The number of carbonyl (C=O) groups excluding carboxylic acids is 1. The molecule has 1 amide bonds. The molecular formula is C18H17Cl2NO3S. The molecule has 1 atom stereocenters. The summed E-state index contributed by atoms with van der Waals surface area (Å²) >= 11 is 12.2. The molecule has 1 aliphatic rings. The van der Waals surface area contributed by atoms with Crippen LogP contribution in [0.2, 0.25) is 10.0 Å². The Morgan fingerprint density at radius 1 is 1.12 bits per heavy atom. The quantitative estimate of drug-likeness (QED) is 0.787. The van der Waals surface area contributed by atoms with Crippen LogP contribution in [0.25, 0.3) is 0 Å². The second-order valence-electron chi connectivity index (χ2n) is 6.10. The Hall–Kier alpha value is -1.56. The number of rotatable bonds is 4. The van der Waals surface area contributed by atoms with Gasteiger partial charge in [-0.05, 0) is 36.2 Å². The molecule has 2 aromatic rings. The molecule has 0 aromatic heterocycles. The van der Waals surface area contributed by atoms with Gasteiger partial charge in [-0.25, -0.2) is 8.42 Å². The molecule has 132 valence electrons. The molecule has 1 unspecified atom stereocenters. The average molecular weight is 398 g/mol. The van der Waals surface area contributed by atoms with E-state index in [2.05, 4.69) is 0 Å². The summed E-state index contributed by atoms with van der Waals surface area (Å²) in [7, 11) is -3.12. The van der Waals surface area contributed by atoms with Crippen LogP contribution in [-0.4, -0.2) is 36.8 Å². The first-order chi connectivity index (χ1) is 11.9. The van der Waals surface area contributed by atoms with Gasteiger partial charge in [0, 0.05) is 17.6 Å². The van der Waals surface area contributed by atoms with Crippen molar-refractivity contribution in [3.05, 3.63) is 69.7 Å². The van der Waals surface area contributed by atoms with Gasteiger partial charge in [-0.3, -0.25) is 4.79 Å². The number of carbonyl (C=O) groups is 1. The highest BCUT2D eigenvalue weighted by atomic mass is 35.5. The van der Waals surface area contributed by atoms with Crippen molar-refractivity contribution in [3.8, 4) is 0 Å². The monoisotopic (exact) mass is 397 g/mol. The zero-order valence-electron chi connectivity index (χ0n) is 13.4. The van der Waals surface area contributed by atoms with E-state index >= 15 is 0 Å². The summed E-state index contributed by atoms with van der Waals surface area (Å²) in [4.78, 5) is 14.7. The molecule has 1 heterocycles. The molecular weight excluding hydrogens is 381 g/mol. The molecule has 2 aromatic carbocycles. The Bertz CT molecular complexity index is 899. The molecule has 7 heteroatoms. The highest BCUT2D eigenvalue weighted by Crippen LogP contribution is 2.25. The summed E-state index contributed by atoms with van der Waals surface area (Å²) in [5.74, 6) is -0.198. The maximum Gasteiger partial charge on any atom is 0.255 e. The number of benzene rings is 2. The number of hydrogen-bond donors (Lipinski definition) is 0. The number of sulfone groups is 1. The van der Waals surface area contributed by atoms with Crippen molar-refractivity contribution in [3.63, 3.8) is 0 Å². The Labute approximate surface area is 157 Å². The van der Waals surface area contributed by atoms with Crippen LogP contribution in [0.15, 0.2) is 48.5 Å². The van der Waals surface area contributed by atoms with Crippen molar-refractivity contribution in [2.24, 2.45) is 0 Å². The van der Waals surface area contributed by atoms with E-state index in [0.717, 1.165) is 5.56 Å². The van der Waals surface area contributed by atoms with E-state index in [4.69, 9.17) is 23.2 Å². The SMILES string of the molecule is O=C(c1ccccc1Cl)N(Cc1cccc(Cl)c1)C1CCS(=O)(=O)C1. The topological polar surface area (TPSA) is 54.5 Å². The van der Waals surface area contributed by atoms with Gasteiger partial charge in [0.2, 0.25) is 0 Å². The predicted molar refractivity (Wildman–Crippen MR) is 99.8 cm³/mol. The zero-order valence-corrected chi connectivity index (χ0v) is 15.7. The standard InChI is InChI=1S/C18H17Cl2NO3S/c19-14-5-3-4-13(10-14)11-21(15-8-9-25(23,24)12-15)18(22)16-6-1-2-7-17(16)20/h1-7,10,15H,8-9,11-12H2. The van der Waals surface area contributed by atoms with Gasteiger partial charge in [-0.2, -0.15) is 0 Å². The van der Waals surface area contributed by atoms with E-state index in [1.54, 1.807) is 47.4 Å². The first kappa shape index (κ1) is 18.2. The third kappa shape index (κ3) is 4.35. The molecule has 0 spiro atoms. The third-order valence-corrected chi connectivity index (χ3v) is 6.57. The molecule has 0 N–H and O–H groups in total. The molecule has 1 aliphatic heterocycles. The summed E-state index contributed by atoms with van der Waals surface area (Å²) in [6.45, 7) is 0.283. The molecule has 0 saturated carbocycles. The van der Waals surface area contributed by atoms with E-state index in [1.165, 1.54) is 0 Å². The molecule has 3 rings (SSSR count). The fourth-order valence-corrected chi connectivity index (χ4v) is 5.17. The summed E-state index contributed by atoms with van der Waals surface area (Å²) in [6.07, 6.45) is 0.430. The molecule has 0 aliphatic carbocycles. The van der Waals surface area contributed by atoms with E-state index in [0.29, 0.717) is 22.0 Å². The van der Waals surface area contributed by atoms with Crippen molar-refractivity contribution < 1.29 is 13.2 Å². The lowest BCUT2D eigenvalue weighted by Crippen LogP contribution is -2.40. The van der Waals surface area contributed by atoms with Crippen LogP contribution in [-0.2, 0) is 16.4 Å². The average Bonchev–Trinajstić information content (AvgIpc) is 2.92. The van der Waals surface area contributed by atoms with Crippen molar-refractivity contribution in [2.75, 3.05) is 11.5 Å². The van der Waals surface area contributed by atoms with Crippen LogP contribution in [0.4, 0.5) is 0 Å². The minimum absolute atomic E-state index is 0.0240. The number of hydrogen-bond acceptors (Lipinski definition) is 3. The number of nitrogens with zero attached hydrogens (tertiary/aromatic N) is 1. The maximum absolute atomic E-state index is 13.1. The van der Waals surface area contributed by atoms with Crippen molar-refractivity contribution in [2.45, 2.75) is 19.0 Å². The fraction of sp³-hybridized carbons (Fsp3) is 0.278. The van der Waals surface area contributed by atoms with Gasteiger partial charge in [0.05, 0.1) is 22.1 Å². The van der Waals surface area contributed by atoms with Gasteiger partial charge in [-0.15, -0.1) is 0 Å². The van der Waals surface area contributed by atoms with E-state index in [-0.39, 0.29) is 30.0 Å². The van der Waals surface area contributed by atoms with Crippen LogP contribution in [0, 0.1) is 0 Å². The smallest absolute Gasteiger partial charge is 0.255 e. The van der Waals surface area contributed by atoms with Crippen LogP contribution < -0.4 is 0 Å². The van der Waals surface area contributed by atoms with Crippen LogP contribution >= 0.6 is 23.2 Å². The van der Waals surface area contributed by atoms with E-state index in [9.17, 15) is 13.2 Å². The second-order valence-corrected chi connectivity index (χ2v) is 9.17. The molecule has 0 bridgehead atoms. The first-order valence-electron chi connectivity index (χ1n) is 7.86. The minimum atomic E-state index is -3.12. The summed E-state index contributed by atoms with van der Waals surface area (Å²) < 4.78 is 23.8. The minimum Gasteiger partial charge on any atom is -0.330 e. The lowest BCUT2D eigenvalue weighted by atomic mass is 10.1. The van der Waals surface area contributed by atoms with Gasteiger partial charge < -0.3 is 4.90 Å². The summed E-state index contributed by atoms with van der Waals surface area (Å²) in [5, 5.41) is 0.922. The Kier molecular flexibility index (Phi) is 5.37. The fourth-order valence-electron chi connectivity index (χ4n) is 3.01. The normalized spacial score (nSPS) is 18.9. The zero-order chi connectivity index (χ0) is 18.0. The van der Waals surface area contributed by atoms with Crippen LogP contribution in [0.1, 0.15) is 22.3 Å². The Balaban J connectivity index is 1.94. The Morgan fingerprint density at radius 3 is 2.52 bits per heavy atom. The largest absolute Gasteiger partial charge is 0.330 e. The van der Waals surface area contributed by atoms with Crippen molar-refractivity contribution in [1.29, 1.82) is 0 Å². The number of amides is 1. The molecule has 1 saturated heterocycles. The first-order valence-corrected chi connectivity index (χ1v) is 10.4. The predicted octanol–water partition coefficient (Wildman–Crippen LogP) is 3.82. The lowest BCUT2D eigenvalue weighted by molar-refractivity contribution is 0.0681. The third-order valence-electron chi connectivity index (χ3n) is 4.26. The van der Waals surface area contributed by atoms with Gasteiger partial charge in [0.1, 0.15) is 0 Å². The maximum atomic E-state index is 13.1. The number of halogens is 2. The van der Waals surface area contributed by atoms with E-state index < -0.39 is 9.84 Å². The molecule has 4 nitrogen and oxygen atoms in total. The molecule has 0 radical (unpaired) electrons. The van der Waals surface area contributed by atoms with E-state index in [1.807, 2.05) is 6.07 Å². The van der Waals surface area contributed by atoms with Crippen molar-refractivity contribution >= 4 is 38.9 Å². The summed E-state index contributed by atoms with van der Waals surface area (Å²) in [6, 6.07) is 13.6. The highest BCUT2D eigenvalue weighted by molar-refractivity contribution is 7.91. The Morgan fingerprint density at radius 2 is 1.88 bits per heavy atom. The second kappa shape index (κ2) is 7.36. The van der Waals surface area contributed by atoms with Crippen molar-refractivity contribution in [1.82, 2.24) is 4.90 Å². The van der Waals surface area contributed by atoms with Crippen LogP contribution in [0.5, 0.6) is 0 Å². The van der Waals surface area contributed by atoms with Gasteiger partial charge in [-0.1, -0.05) is 47.5 Å². The highest BCUT2D eigenvalue weighted by Gasteiger charge is 2.35. The van der Waals surface area contributed by atoms with Gasteiger partial charge in [0.15, 0.2) is 9.84 Å². The molecule has 25 heavy (non-hydrogen) atoms. The van der Waals surface area contributed by atoms with Crippen LogP contribution in [0.3, 0.4) is 0 Å². The van der Waals surface area contributed by atoms with Gasteiger partial charge >= 0.3 is 0 Å². The summed E-state index contributed by atoms with van der Waals surface area (Å²) in [5.41, 5.74) is 1.22.